The molecule has 0 bridgehead atoms. The van der Waals surface area contributed by atoms with Gasteiger partial charge >= 0.3 is 24.1 Å². The predicted octanol–water partition coefficient (Wildman–Crippen LogP) is 4.10. The predicted molar refractivity (Wildman–Crippen MR) is 132 cm³/mol. The molecular weight excluding hydrogens is 470 g/mol. The van der Waals surface area contributed by atoms with Crippen LogP contribution in [-0.2, 0) is 35.0 Å². The number of ether oxygens (including phenoxy) is 5. The number of hydrogen-bond donors (Lipinski definition) is 1. The van der Waals surface area contributed by atoms with Gasteiger partial charge in [-0.15, -0.1) is 0 Å². The zero-order valence-electron chi connectivity index (χ0n) is 21.9. The molecule has 10 nitrogen and oxygen atoms in total. The lowest BCUT2D eigenvalue weighted by Crippen LogP contribution is -2.36. The summed E-state index contributed by atoms with van der Waals surface area (Å²) in [7, 11) is 0. The molecule has 0 saturated carbocycles. The van der Waals surface area contributed by atoms with Gasteiger partial charge in [-0.05, 0) is 56.2 Å². The smallest absolute Gasteiger partial charge is 0.461 e. The van der Waals surface area contributed by atoms with Gasteiger partial charge in [0, 0.05) is 12.8 Å². The van der Waals surface area contributed by atoms with E-state index in [9.17, 15) is 19.2 Å². The summed E-state index contributed by atoms with van der Waals surface area (Å²) in [6, 6.07) is 3.60. The molecule has 36 heavy (non-hydrogen) atoms. The van der Waals surface area contributed by atoms with E-state index in [-0.39, 0.29) is 44.0 Å². The van der Waals surface area contributed by atoms with Crippen molar-refractivity contribution in [2.45, 2.75) is 85.3 Å². The molecule has 0 aromatic heterocycles. The summed E-state index contributed by atoms with van der Waals surface area (Å²) in [5.74, 6) is -1.02. The summed E-state index contributed by atoms with van der Waals surface area (Å²) in [6.07, 6.45) is 0.882. The van der Waals surface area contributed by atoms with E-state index in [2.05, 4.69) is 0 Å². The second kappa shape index (κ2) is 16.5. The monoisotopic (exact) mass is 509 g/mol. The summed E-state index contributed by atoms with van der Waals surface area (Å²) in [5.41, 5.74) is 6.56. The maximum atomic E-state index is 12.3. The Morgan fingerprint density at radius 3 is 2.08 bits per heavy atom. The topological polar surface area (TPSA) is 140 Å². The molecule has 0 spiro atoms. The maximum Gasteiger partial charge on any atom is 0.508 e. The number of rotatable bonds is 15. The first-order valence-electron chi connectivity index (χ1n) is 12.4. The van der Waals surface area contributed by atoms with Crippen molar-refractivity contribution >= 4 is 24.1 Å². The van der Waals surface area contributed by atoms with Crippen LogP contribution in [0.2, 0.25) is 0 Å². The van der Waals surface area contributed by atoms with E-state index < -0.39 is 36.2 Å². The Labute approximate surface area is 212 Å². The average molecular weight is 510 g/mol. The molecule has 2 atom stereocenters. The van der Waals surface area contributed by atoms with Crippen molar-refractivity contribution in [1.29, 1.82) is 0 Å². The number of esters is 3. The normalized spacial score (nSPS) is 12.4. The van der Waals surface area contributed by atoms with Crippen molar-refractivity contribution in [3.05, 3.63) is 23.8 Å². The van der Waals surface area contributed by atoms with Gasteiger partial charge in [0.2, 0.25) is 0 Å². The number of nitrogens with two attached hydrogens (primary N) is 1. The second-order valence-corrected chi connectivity index (χ2v) is 8.88. The molecule has 1 aromatic rings. The molecule has 0 radical (unpaired) electrons. The first kappa shape index (κ1) is 30.9. The SMILES string of the molecule is CCCC(=O)Oc1ccc(C[C@H](N)C(=O)OC[C@H](C)OC(=O)OCCC(C)C)cc1OC(=O)CCC. The fourth-order valence-corrected chi connectivity index (χ4v) is 2.85. The van der Waals surface area contributed by atoms with Gasteiger partial charge in [-0.3, -0.25) is 14.4 Å². The molecule has 1 rings (SSSR count). The van der Waals surface area contributed by atoms with E-state index >= 15 is 0 Å². The number of benzene rings is 1. The molecule has 202 valence electrons. The highest BCUT2D eigenvalue weighted by Gasteiger charge is 2.21. The third kappa shape index (κ3) is 12.5. The van der Waals surface area contributed by atoms with E-state index in [0.29, 0.717) is 24.3 Å². The first-order valence-corrected chi connectivity index (χ1v) is 12.4. The Balaban J connectivity index is 2.69. The fourth-order valence-electron chi connectivity index (χ4n) is 2.85. The maximum absolute atomic E-state index is 12.3. The van der Waals surface area contributed by atoms with Crippen LogP contribution >= 0.6 is 0 Å². The summed E-state index contributed by atoms with van der Waals surface area (Å²) in [4.78, 5) is 47.9. The Bertz CT molecular complexity index is 869. The number of carbonyl (C=O) groups is 4. The highest BCUT2D eigenvalue weighted by Crippen LogP contribution is 2.30. The van der Waals surface area contributed by atoms with Gasteiger partial charge in [-0.2, -0.15) is 0 Å². The molecule has 2 N–H and O–H groups in total. The standard InChI is InChI=1S/C26H39NO9/c1-6-8-23(28)35-21-11-10-19(15-22(21)36-24(29)9-7-2)14-20(27)25(30)33-16-18(5)34-26(31)32-13-12-17(3)4/h10-11,15,17-18,20H,6-9,12-14,16,27H2,1-5H3/t18-,20-/m0/s1. The molecule has 0 aliphatic carbocycles. The molecule has 0 amide bonds. The lowest BCUT2D eigenvalue weighted by Gasteiger charge is -2.17. The highest BCUT2D eigenvalue weighted by atomic mass is 16.7. The molecule has 10 heteroatoms. The van der Waals surface area contributed by atoms with Gasteiger partial charge in [0.05, 0.1) is 6.61 Å². The van der Waals surface area contributed by atoms with Gasteiger partial charge in [-0.1, -0.05) is 33.8 Å². The third-order valence-electron chi connectivity index (χ3n) is 4.80. The quantitative estimate of drug-likeness (QED) is 0.271. The Morgan fingerprint density at radius 1 is 0.889 bits per heavy atom. The van der Waals surface area contributed by atoms with Crippen LogP contribution in [-0.4, -0.2) is 49.4 Å². The van der Waals surface area contributed by atoms with E-state index in [1.165, 1.54) is 12.1 Å². The van der Waals surface area contributed by atoms with Crippen LogP contribution in [0.4, 0.5) is 4.79 Å². The molecular formula is C26H39NO9. The molecule has 0 heterocycles. The van der Waals surface area contributed by atoms with Crippen molar-refractivity contribution in [2.75, 3.05) is 13.2 Å². The Morgan fingerprint density at radius 2 is 1.50 bits per heavy atom. The van der Waals surface area contributed by atoms with Gasteiger partial charge < -0.3 is 29.4 Å². The van der Waals surface area contributed by atoms with Crippen molar-refractivity contribution in [3.8, 4) is 11.5 Å². The summed E-state index contributed by atoms with van der Waals surface area (Å²) in [5, 5.41) is 0. The van der Waals surface area contributed by atoms with Crippen LogP contribution in [0.25, 0.3) is 0 Å². The molecule has 0 fully saturated rings. The summed E-state index contributed by atoms with van der Waals surface area (Å²) in [6.45, 7) is 9.34. The number of hydrogen-bond acceptors (Lipinski definition) is 10. The van der Waals surface area contributed by atoms with Crippen LogP contribution in [0.5, 0.6) is 11.5 Å². The van der Waals surface area contributed by atoms with Gasteiger partial charge in [0.1, 0.15) is 18.8 Å². The van der Waals surface area contributed by atoms with E-state index in [1.807, 2.05) is 27.7 Å². The minimum Gasteiger partial charge on any atom is -0.461 e. The lowest BCUT2D eigenvalue weighted by molar-refractivity contribution is -0.148. The Hall–Kier alpha value is -3.14. The van der Waals surface area contributed by atoms with E-state index in [0.717, 1.165) is 6.42 Å². The highest BCUT2D eigenvalue weighted by molar-refractivity contribution is 5.77. The summed E-state index contributed by atoms with van der Waals surface area (Å²) < 4.78 is 25.9. The third-order valence-corrected chi connectivity index (χ3v) is 4.80. The fraction of sp³-hybridized carbons (Fsp3) is 0.615. The zero-order valence-corrected chi connectivity index (χ0v) is 21.9. The van der Waals surface area contributed by atoms with Gasteiger partial charge in [-0.25, -0.2) is 4.79 Å². The molecule has 0 unspecified atom stereocenters. The molecule has 0 aliphatic heterocycles. The van der Waals surface area contributed by atoms with Crippen LogP contribution in [0.1, 0.15) is 72.3 Å². The number of carbonyl (C=O) groups excluding carboxylic acids is 4. The molecule has 1 aromatic carbocycles. The average Bonchev–Trinajstić information content (AvgIpc) is 2.79. The van der Waals surface area contributed by atoms with Crippen molar-refractivity contribution in [3.63, 3.8) is 0 Å². The minimum absolute atomic E-state index is 0.0762. The van der Waals surface area contributed by atoms with Gasteiger partial charge in [0.25, 0.3) is 0 Å². The van der Waals surface area contributed by atoms with Gasteiger partial charge in [0.15, 0.2) is 11.5 Å². The van der Waals surface area contributed by atoms with Crippen molar-refractivity contribution in [1.82, 2.24) is 0 Å². The van der Waals surface area contributed by atoms with Crippen molar-refractivity contribution < 1.29 is 42.9 Å². The van der Waals surface area contributed by atoms with Crippen LogP contribution < -0.4 is 15.2 Å². The second-order valence-electron chi connectivity index (χ2n) is 8.88. The first-order chi connectivity index (χ1) is 17.0. The molecule has 0 aliphatic rings. The van der Waals surface area contributed by atoms with Crippen LogP contribution in [0.15, 0.2) is 18.2 Å². The Kier molecular flexibility index (Phi) is 14.2. The largest absolute Gasteiger partial charge is 0.508 e. The zero-order chi connectivity index (χ0) is 27.1. The van der Waals surface area contributed by atoms with E-state index in [4.69, 9.17) is 29.4 Å². The summed E-state index contributed by atoms with van der Waals surface area (Å²) >= 11 is 0. The van der Waals surface area contributed by atoms with Crippen molar-refractivity contribution in [2.24, 2.45) is 11.7 Å². The lowest BCUT2D eigenvalue weighted by atomic mass is 10.1. The molecule has 0 saturated heterocycles. The minimum atomic E-state index is -1.03. The van der Waals surface area contributed by atoms with E-state index in [1.54, 1.807) is 13.0 Å². The van der Waals surface area contributed by atoms with Crippen LogP contribution in [0.3, 0.4) is 0 Å². The van der Waals surface area contributed by atoms with Crippen LogP contribution in [0, 0.1) is 5.92 Å².